The Morgan fingerprint density at radius 1 is 1.24 bits per heavy atom. The average molecular weight is 308 g/mol. The van der Waals surface area contributed by atoms with Crippen molar-refractivity contribution >= 4 is 21.4 Å². The summed E-state index contributed by atoms with van der Waals surface area (Å²) in [5.41, 5.74) is 6.80. The number of anilines is 2. The summed E-state index contributed by atoms with van der Waals surface area (Å²) >= 11 is 0. The number of ether oxygens (including phenoxy) is 1. The highest BCUT2D eigenvalue weighted by Gasteiger charge is 2.15. The Hall–Kier alpha value is -2.25. The molecule has 0 bridgehead atoms. The van der Waals surface area contributed by atoms with Crippen LogP contribution in [0.25, 0.3) is 0 Å². The normalized spacial score (nSPS) is 11.3. The van der Waals surface area contributed by atoms with E-state index in [1.807, 2.05) is 6.07 Å². The van der Waals surface area contributed by atoms with Gasteiger partial charge in [0.05, 0.1) is 17.2 Å². The summed E-state index contributed by atoms with van der Waals surface area (Å²) in [5.74, 6) is -0.156. The van der Waals surface area contributed by atoms with Crippen molar-refractivity contribution in [3.8, 4) is 5.75 Å². The van der Waals surface area contributed by atoms with E-state index in [4.69, 9.17) is 10.5 Å². The molecule has 2 aromatic carbocycles. The lowest BCUT2D eigenvalue weighted by Gasteiger charge is -2.10. The van der Waals surface area contributed by atoms with E-state index in [9.17, 15) is 13.5 Å². The first kappa shape index (κ1) is 15.1. The second kappa shape index (κ2) is 6.02. The topological polar surface area (TPSA) is 102 Å². The standard InChI is InChI=1S/C14H16N2O4S/c1-20-9-10-3-2-4-11(7-10)16-21(18,19)12-5-6-14(17)13(15)8-12/h2-8,16-17H,9,15H2,1H3. The summed E-state index contributed by atoms with van der Waals surface area (Å²) < 4.78 is 32.0. The third kappa shape index (κ3) is 3.65. The fourth-order valence-electron chi connectivity index (χ4n) is 1.81. The van der Waals surface area contributed by atoms with Crippen molar-refractivity contribution in [2.24, 2.45) is 0 Å². The van der Waals surface area contributed by atoms with Gasteiger partial charge in [0.15, 0.2) is 0 Å². The van der Waals surface area contributed by atoms with Crippen molar-refractivity contribution in [2.45, 2.75) is 11.5 Å². The number of hydrogen-bond donors (Lipinski definition) is 3. The van der Waals surface area contributed by atoms with Crippen LogP contribution in [0.2, 0.25) is 0 Å². The number of hydrogen-bond acceptors (Lipinski definition) is 5. The van der Waals surface area contributed by atoms with Gasteiger partial charge in [-0.25, -0.2) is 8.42 Å². The van der Waals surface area contributed by atoms with Crippen LogP contribution in [0.4, 0.5) is 11.4 Å². The first-order valence-corrected chi connectivity index (χ1v) is 7.60. The van der Waals surface area contributed by atoms with E-state index in [1.54, 1.807) is 25.3 Å². The Morgan fingerprint density at radius 2 is 2.00 bits per heavy atom. The number of phenolic OH excluding ortho intramolecular Hbond substituents is 1. The quantitative estimate of drug-likeness (QED) is 0.578. The van der Waals surface area contributed by atoms with E-state index in [0.717, 1.165) is 5.56 Å². The van der Waals surface area contributed by atoms with Crippen LogP contribution in [0.1, 0.15) is 5.56 Å². The number of aromatic hydroxyl groups is 1. The van der Waals surface area contributed by atoms with Gasteiger partial charge in [-0.3, -0.25) is 4.72 Å². The average Bonchev–Trinajstić information content (AvgIpc) is 2.42. The molecular weight excluding hydrogens is 292 g/mol. The largest absolute Gasteiger partial charge is 0.506 e. The summed E-state index contributed by atoms with van der Waals surface area (Å²) in [6.45, 7) is 0.391. The van der Waals surface area contributed by atoms with Crippen molar-refractivity contribution in [2.75, 3.05) is 17.6 Å². The number of benzene rings is 2. The highest BCUT2D eigenvalue weighted by Crippen LogP contribution is 2.24. The number of phenols is 1. The number of methoxy groups -OCH3 is 1. The van der Waals surface area contributed by atoms with Gasteiger partial charge in [0.2, 0.25) is 0 Å². The lowest BCUT2D eigenvalue weighted by atomic mass is 10.2. The second-order valence-electron chi connectivity index (χ2n) is 4.46. The highest BCUT2D eigenvalue weighted by atomic mass is 32.2. The van der Waals surface area contributed by atoms with Crippen molar-refractivity contribution in [1.82, 2.24) is 0 Å². The van der Waals surface area contributed by atoms with E-state index in [0.29, 0.717) is 12.3 Å². The maximum atomic E-state index is 12.3. The molecule has 0 saturated carbocycles. The Morgan fingerprint density at radius 3 is 2.67 bits per heavy atom. The summed E-state index contributed by atoms with van der Waals surface area (Å²) in [6.07, 6.45) is 0. The molecule has 0 aliphatic heterocycles. The molecule has 0 atom stereocenters. The molecule has 0 spiro atoms. The Bertz CT molecular complexity index is 744. The minimum Gasteiger partial charge on any atom is -0.506 e. The molecule has 0 aliphatic carbocycles. The Balaban J connectivity index is 2.28. The summed E-state index contributed by atoms with van der Waals surface area (Å²) in [4.78, 5) is -0.0186. The van der Waals surface area contributed by atoms with Crippen LogP contribution in [0.5, 0.6) is 5.75 Å². The minimum absolute atomic E-state index is 0.00556. The van der Waals surface area contributed by atoms with Crippen molar-refractivity contribution in [3.05, 3.63) is 48.0 Å². The molecular formula is C14H16N2O4S. The van der Waals surface area contributed by atoms with Gasteiger partial charge in [-0.05, 0) is 35.9 Å². The monoisotopic (exact) mass is 308 g/mol. The van der Waals surface area contributed by atoms with Crippen molar-refractivity contribution < 1.29 is 18.3 Å². The molecule has 0 aromatic heterocycles. The third-order valence-electron chi connectivity index (χ3n) is 2.80. The number of nitrogen functional groups attached to an aromatic ring is 1. The van der Waals surface area contributed by atoms with Crippen molar-refractivity contribution in [1.29, 1.82) is 0 Å². The smallest absolute Gasteiger partial charge is 0.261 e. The zero-order valence-corrected chi connectivity index (χ0v) is 12.2. The molecule has 4 N–H and O–H groups in total. The van der Waals surface area contributed by atoms with Gasteiger partial charge in [0.25, 0.3) is 10.0 Å². The fraction of sp³-hybridized carbons (Fsp3) is 0.143. The minimum atomic E-state index is -3.77. The molecule has 2 aromatic rings. The van der Waals surface area contributed by atoms with Gasteiger partial charge >= 0.3 is 0 Å². The SMILES string of the molecule is COCc1cccc(NS(=O)(=O)c2ccc(O)c(N)c2)c1. The molecule has 7 heteroatoms. The maximum absolute atomic E-state index is 12.3. The summed E-state index contributed by atoms with van der Waals surface area (Å²) in [7, 11) is -2.20. The fourth-order valence-corrected chi connectivity index (χ4v) is 2.89. The number of nitrogens with two attached hydrogens (primary N) is 1. The van der Waals surface area contributed by atoms with E-state index in [-0.39, 0.29) is 16.3 Å². The van der Waals surface area contributed by atoms with Gasteiger partial charge in [0.1, 0.15) is 5.75 Å². The zero-order chi connectivity index (χ0) is 15.5. The molecule has 0 amide bonds. The molecule has 21 heavy (non-hydrogen) atoms. The van der Waals surface area contributed by atoms with Gasteiger partial charge < -0.3 is 15.6 Å². The molecule has 0 aliphatic rings. The van der Waals surface area contributed by atoms with Crippen LogP contribution in [-0.2, 0) is 21.4 Å². The summed E-state index contributed by atoms with van der Waals surface area (Å²) in [5, 5.41) is 9.34. The number of rotatable bonds is 5. The van der Waals surface area contributed by atoms with Crippen LogP contribution in [0, 0.1) is 0 Å². The summed E-state index contributed by atoms with van der Waals surface area (Å²) in [6, 6.07) is 10.6. The molecule has 0 heterocycles. The van der Waals surface area contributed by atoms with Crippen LogP contribution >= 0.6 is 0 Å². The van der Waals surface area contributed by atoms with E-state index < -0.39 is 10.0 Å². The predicted molar refractivity (Wildman–Crippen MR) is 80.5 cm³/mol. The van der Waals surface area contributed by atoms with Crippen LogP contribution in [0.3, 0.4) is 0 Å². The van der Waals surface area contributed by atoms with E-state index in [2.05, 4.69) is 4.72 Å². The molecule has 2 rings (SSSR count). The highest BCUT2D eigenvalue weighted by molar-refractivity contribution is 7.92. The van der Waals surface area contributed by atoms with Gasteiger partial charge in [-0.15, -0.1) is 0 Å². The molecule has 0 fully saturated rings. The zero-order valence-electron chi connectivity index (χ0n) is 11.4. The molecule has 0 saturated heterocycles. The third-order valence-corrected chi connectivity index (χ3v) is 4.18. The van der Waals surface area contributed by atoms with Crippen LogP contribution in [-0.4, -0.2) is 20.6 Å². The first-order chi connectivity index (χ1) is 9.92. The van der Waals surface area contributed by atoms with Gasteiger partial charge in [0, 0.05) is 12.8 Å². The van der Waals surface area contributed by atoms with Crippen LogP contribution < -0.4 is 10.5 Å². The number of sulfonamides is 1. The molecule has 0 radical (unpaired) electrons. The van der Waals surface area contributed by atoms with E-state index in [1.165, 1.54) is 18.2 Å². The maximum Gasteiger partial charge on any atom is 0.261 e. The number of nitrogens with one attached hydrogen (secondary N) is 1. The lowest BCUT2D eigenvalue weighted by Crippen LogP contribution is -2.13. The Labute approximate surface area is 123 Å². The van der Waals surface area contributed by atoms with Crippen molar-refractivity contribution in [3.63, 3.8) is 0 Å². The van der Waals surface area contributed by atoms with Gasteiger partial charge in [-0.1, -0.05) is 12.1 Å². The van der Waals surface area contributed by atoms with Gasteiger partial charge in [-0.2, -0.15) is 0 Å². The molecule has 0 unspecified atom stereocenters. The predicted octanol–water partition coefficient (Wildman–Crippen LogP) is 1.92. The first-order valence-electron chi connectivity index (χ1n) is 6.11. The Kier molecular flexibility index (Phi) is 4.35. The second-order valence-corrected chi connectivity index (χ2v) is 6.14. The van der Waals surface area contributed by atoms with E-state index >= 15 is 0 Å². The molecule has 112 valence electrons. The lowest BCUT2D eigenvalue weighted by molar-refractivity contribution is 0.185. The molecule has 6 nitrogen and oxygen atoms in total. The van der Waals surface area contributed by atoms with Crippen LogP contribution in [0.15, 0.2) is 47.4 Å².